The van der Waals surface area contributed by atoms with Crippen molar-refractivity contribution in [2.45, 2.75) is 20.8 Å². The van der Waals surface area contributed by atoms with Crippen LogP contribution in [0.25, 0.3) is 0 Å². The molecular weight excluding hydrogens is 378 g/mol. The quantitative estimate of drug-likeness (QED) is 0.564. The van der Waals surface area contributed by atoms with Crippen molar-refractivity contribution in [2.24, 2.45) is 4.99 Å². The molecule has 122 valence electrons. The molecule has 2 aromatic rings. The van der Waals surface area contributed by atoms with Gasteiger partial charge >= 0.3 is 0 Å². The second-order valence-electron chi connectivity index (χ2n) is 4.84. The van der Waals surface area contributed by atoms with Gasteiger partial charge in [-0.15, -0.1) is 0 Å². The highest BCUT2D eigenvalue weighted by Gasteiger charge is 2.11. The number of rotatable bonds is 6. The fourth-order valence-electron chi connectivity index (χ4n) is 2.09. The van der Waals surface area contributed by atoms with Crippen LogP contribution >= 0.6 is 27.5 Å². The molecule has 0 aliphatic carbocycles. The third-order valence-corrected chi connectivity index (χ3v) is 4.21. The van der Waals surface area contributed by atoms with Crippen molar-refractivity contribution >= 4 is 39.4 Å². The number of hydrogen-bond acceptors (Lipinski definition) is 3. The molecule has 2 aromatic carbocycles. The van der Waals surface area contributed by atoms with Gasteiger partial charge in [0.05, 0.1) is 23.4 Å². The standard InChI is InChI=1S/C18H19BrClNO2/c1-4-22-17-10-13(9-14(19)18(17)23-5-2)11-21-16-8-6-7-15(20)12(16)3/h6-11H,4-5H2,1-3H3. The Labute approximate surface area is 150 Å². The van der Waals surface area contributed by atoms with Gasteiger partial charge in [-0.25, -0.2) is 0 Å². The normalized spacial score (nSPS) is 11.0. The van der Waals surface area contributed by atoms with E-state index in [1.54, 1.807) is 6.21 Å². The van der Waals surface area contributed by atoms with Crippen molar-refractivity contribution < 1.29 is 9.47 Å². The molecule has 0 aliphatic heterocycles. The molecule has 0 saturated heterocycles. The predicted molar refractivity (Wildman–Crippen MR) is 99.9 cm³/mol. The van der Waals surface area contributed by atoms with E-state index in [4.69, 9.17) is 21.1 Å². The lowest BCUT2D eigenvalue weighted by molar-refractivity contribution is 0.286. The SMILES string of the molecule is CCOc1cc(C=Nc2cccc(Cl)c2C)cc(Br)c1OCC. The molecular formula is C18H19BrClNO2. The van der Waals surface area contributed by atoms with Crippen molar-refractivity contribution in [2.75, 3.05) is 13.2 Å². The van der Waals surface area contributed by atoms with E-state index < -0.39 is 0 Å². The Balaban J connectivity index is 2.36. The van der Waals surface area contributed by atoms with Crippen LogP contribution in [0.2, 0.25) is 5.02 Å². The zero-order chi connectivity index (χ0) is 16.8. The number of benzene rings is 2. The maximum absolute atomic E-state index is 6.12. The van der Waals surface area contributed by atoms with Crippen LogP contribution in [0.1, 0.15) is 25.0 Å². The zero-order valence-electron chi connectivity index (χ0n) is 13.4. The maximum atomic E-state index is 6.12. The van der Waals surface area contributed by atoms with Crippen LogP contribution < -0.4 is 9.47 Å². The summed E-state index contributed by atoms with van der Waals surface area (Å²) in [6.45, 7) is 6.99. The summed E-state index contributed by atoms with van der Waals surface area (Å²) in [4.78, 5) is 4.53. The van der Waals surface area contributed by atoms with Crippen LogP contribution in [0.5, 0.6) is 11.5 Å². The van der Waals surface area contributed by atoms with E-state index in [1.165, 1.54) is 0 Å². The summed E-state index contributed by atoms with van der Waals surface area (Å²) in [5.41, 5.74) is 2.73. The first-order chi connectivity index (χ1) is 11.1. The maximum Gasteiger partial charge on any atom is 0.175 e. The Hall–Kier alpha value is -1.52. The van der Waals surface area contributed by atoms with Crippen molar-refractivity contribution in [1.29, 1.82) is 0 Å². The molecule has 0 bridgehead atoms. The average molecular weight is 397 g/mol. The largest absolute Gasteiger partial charge is 0.490 e. The summed E-state index contributed by atoms with van der Waals surface area (Å²) >= 11 is 9.66. The Morgan fingerprint density at radius 3 is 2.61 bits per heavy atom. The van der Waals surface area contributed by atoms with Crippen LogP contribution in [-0.4, -0.2) is 19.4 Å². The number of hydrogen-bond donors (Lipinski definition) is 0. The van der Waals surface area contributed by atoms with Gasteiger partial charge < -0.3 is 9.47 Å². The second kappa shape index (κ2) is 8.37. The van der Waals surface area contributed by atoms with Gasteiger partial charge in [0, 0.05) is 11.2 Å². The number of nitrogens with zero attached hydrogens (tertiary/aromatic N) is 1. The minimum atomic E-state index is 0.570. The van der Waals surface area contributed by atoms with E-state index in [2.05, 4.69) is 20.9 Å². The minimum Gasteiger partial charge on any atom is -0.490 e. The van der Waals surface area contributed by atoms with Crippen LogP contribution in [0.15, 0.2) is 39.8 Å². The van der Waals surface area contributed by atoms with Crippen molar-refractivity contribution in [1.82, 2.24) is 0 Å². The topological polar surface area (TPSA) is 30.8 Å². The summed E-state index contributed by atoms with van der Waals surface area (Å²) in [6.07, 6.45) is 1.79. The second-order valence-corrected chi connectivity index (χ2v) is 6.10. The fourth-order valence-corrected chi connectivity index (χ4v) is 2.83. The fraction of sp³-hybridized carbons (Fsp3) is 0.278. The molecule has 0 aromatic heterocycles. The molecule has 0 radical (unpaired) electrons. The third-order valence-electron chi connectivity index (χ3n) is 3.21. The molecule has 0 amide bonds. The molecule has 23 heavy (non-hydrogen) atoms. The van der Waals surface area contributed by atoms with Crippen LogP contribution in [0, 0.1) is 6.92 Å². The van der Waals surface area contributed by atoms with Crippen molar-refractivity contribution in [3.05, 3.63) is 51.0 Å². The predicted octanol–water partition coefficient (Wildman–Crippen LogP) is 5.96. The van der Waals surface area contributed by atoms with Crippen molar-refractivity contribution in [3.63, 3.8) is 0 Å². The lowest BCUT2D eigenvalue weighted by Gasteiger charge is -2.13. The van der Waals surface area contributed by atoms with Gasteiger partial charge in [-0.05, 0) is 72.1 Å². The summed E-state index contributed by atoms with van der Waals surface area (Å²) in [5, 5.41) is 0.711. The van der Waals surface area contributed by atoms with Gasteiger partial charge in [0.1, 0.15) is 0 Å². The van der Waals surface area contributed by atoms with Gasteiger partial charge in [0.25, 0.3) is 0 Å². The van der Waals surface area contributed by atoms with E-state index in [0.29, 0.717) is 29.7 Å². The molecule has 0 fully saturated rings. The van der Waals surface area contributed by atoms with Crippen LogP contribution in [0.3, 0.4) is 0 Å². The molecule has 2 rings (SSSR count). The summed E-state index contributed by atoms with van der Waals surface area (Å²) < 4.78 is 12.1. The number of aliphatic imine (C=N–C) groups is 1. The number of halogens is 2. The van der Waals surface area contributed by atoms with Gasteiger partial charge in [0.15, 0.2) is 11.5 Å². The Morgan fingerprint density at radius 2 is 1.91 bits per heavy atom. The summed E-state index contributed by atoms with van der Waals surface area (Å²) in [6, 6.07) is 9.56. The van der Waals surface area contributed by atoms with Gasteiger partial charge in [-0.2, -0.15) is 0 Å². The molecule has 0 spiro atoms. The van der Waals surface area contributed by atoms with Crippen LogP contribution in [-0.2, 0) is 0 Å². The molecule has 3 nitrogen and oxygen atoms in total. The molecule has 0 N–H and O–H groups in total. The van der Waals surface area contributed by atoms with E-state index in [0.717, 1.165) is 21.3 Å². The van der Waals surface area contributed by atoms with Gasteiger partial charge in [0.2, 0.25) is 0 Å². The highest BCUT2D eigenvalue weighted by molar-refractivity contribution is 9.10. The molecule has 0 aliphatic rings. The molecule has 5 heteroatoms. The van der Waals surface area contributed by atoms with Gasteiger partial charge in [-0.1, -0.05) is 17.7 Å². The first-order valence-electron chi connectivity index (χ1n) is 7.45. The minimum absolute atomic E-state index is 0.570. The van der Waals surface area contributed by atoms with Crippen LogP contribution in [0.4, 0.5) is 5.69 Å². The lowest BCUT2D eigenvalue weighted by Crippen LogP contribution is -2.00. The molecule has 0 saturated carbocycles. The summed E-state index contributed by atoms with van der Waals surface area (Å²) in [7, 11) is 0. The molecule has 0 atom stereocenters. The van der Waals surface area contributed by atoms with E-state index >= 15 is 0 Å². The monoisotopic (exact) mass is 395 g/mol. The first-order valence-corrected chi connectivity index (χ1v) is 8.62. The Bertz CT molecular complexity index is 716. The number of ether oxygens (including phenoxy) is 2. The first kappa shape index (κ1) is 17.8. The Morgan fingerprint density at radius 1 is 1.17 bits per heavy atom. The highest BCUT2D eigenvalue weighted by atomic mass is 79.9. The Kier molecular flexibility index (Phi) is 6.48. The van der Waals surface area contributed by atoms with E-state index in [-0.39, 0.29) is 0 Å². The van der Waals surface area contributed by atoms with Gasteiger partial charge in [-0.3, -0.25) is 4.99 Å². The molecule has 0 unspecified atom stereocenters. The molecule has 0 heterocycles. The lowest BCUT2D eigenvalue weighted by atomic mass is 10.2. The zero-order valence-corrected chi connectivity index (χ0v) is 15.7. The van der Waals surface area contributed by atoms with E-state index in [9.17, 15) is 0 Å². The highest BCUT2D eigenvalue weighted by Crippen LogP contribution is 2.36. The smallest absolute Gasteiger partial charge is 0.175 e. The third kappa shape index (κ3) is 4.49. The average Bonchev–Trinajstić information content (AvgIpc) is 2.52. The van der Waals surface area contributed by atoms with Crippen molar-refractivity contribution in [3.8, 4) is 11.5 Å². The summed E-state index contributed by atoms with van der Waals surface area (Å²) in [5.74, 6) is 1.42. The van der Waals surface area contributed by atoms with E-state index in [1.807, 2.05) is 51.1 Å².